The first-order valence-electron chi connectivity index (χ1n) is 5.76. The molecule has 0 saturated heterocycles. The van der Waals surface area contributed by atoms with Crippen LogP contribution in [0.25, 0.3) is 11.4 Å². The van der Waals surface area contributed by atoms with E-state index in [1.165, 1.54) is 30.5 Å². The molecule has 0 saturated carbocycles. The molecule has 2 aromatic heterocycles. The lowest BCUT2D eigenvalue weighted by atomic mass is 10.2. The van der Waals surface area contributed by atoms with Crippen LogP contribution in [-0.2, 0) is 0 Å². The zero-order valence-corrected chi connectivity index (χ0v) is 10.4. The van der Waals surface area contributed by atoms with Gasteiger partial charge in [0.05, 0.1) is 11.9 Å². The van der Waals surface area contributed by atoms with E-state index in [1.807, 2.05) is 0 Å². The van der Waals surface area contributed by atoms with E-state index >= 15 is 0 Å². The first kappa shape index (κ1) is 15.1. The highest BCUT2D eigenvalue weighted by atomic mass is 19.3. The van der Waals surface area contributed by atoms with Gasteiger partial charge in [-0.05, 0) is 24.3 Å². The molecule has 0 aliphatic carbocycles. The normalized spacial score (nSPS) is 11.7. The predicted octanol–water partition coefficient (Wildman–Crippen LogP) is 3.56. The Morgan fingerprint density at radius 1 is 1.14 bits per heavy atom. The highest BCUT2D eigenvalue weighted by Gasteiger charge is 2.41. The standard InChI is InChI=1S/C13H9F5N2O/c14-9-2-1-5-19-11(9)10-4-3-8(6-20-10)21-7-13(17,18)12(15)16/h1-6,12H,7H2. The molecule has 0 spiro atoms. The van der Waals surface area contributed by atoms with Crippen LogP contribution in [0.2, 0.25) is 0 Å². The van der Waals surface area contributed by atoms with Gasteiger partial charge in [0, 0.05) is 6.20 Å². The fraction of sp³-hybridized carbons (Fsp3) is 0.231. The van der Waals surface area contributed by atoms with Gasteiger partial charge in [0.25, 0.3) is 0 Å². The Balaban J connectivity index is 2.08. The van der Waals surface area contributed by atoms with Gasteiger partial charge >= 0.3 is 12.3 Å². The molecule has 21 heavy (non-hydrogen) atoms. The average Bonchev–Trinajstić information content (AvgIpc) is 2.46. The second kappa shape index (κ2) is 6.02. The van der Waals surface area contributed by atoms with E-state index in [1.54, 1.807) is 0 Å². The monoisotopic (exact) mass is 304 g/mol. The van der Waals surface area contributed by atoms with Gasteiger partial charge in [0.2, 0.25) is 0 Å². The Morgan fingerprint density at radius 2 is 1.90 bits per heavy atom. The molecule has 0 aromatic carbocycles. The molecule has 0 unspecified atom stereocenters. The molecule has 0 N–H and O–H groups in total. The number of halogens is 5. The molecule has 2 heterocycles. The van der Waals surface area contributed by atoms with E-state index in [-0.39, 0.29) is 17.1 Å². The number of alkyl halides is 4. The summed E-state index contributed by atoms with van der Waals surface area (Å²) in [7, 11) is 0. The van der Waals surface area contributed by atoms with Crippen LogP contribution < -0.4 is 4.74 Å². The molecule has 0 radical (unpaired) electrons. The van der Waals surface area contributed by atoms with Gasteiger partial charge < -0.3 is 4.74 Å². The molecule has 0 atom stereocenters. The molecule has 0 fully saturated rings. The highest BCUT2D eigenvalue weighted by Crippen LogP contribution is 2.25. The Morgan fingerprint density at radius 3 is 2.48 bits per heavy atom. The zero-order chi connectivity index (χ0) is 15.5. The van der Waals surface area contributed by atoms with Crippen molar-refractivity contribution in [3.63, 3.8) is 0 Å². The van der Waals surface area contributed by atoms with Gasteiger partial charge in [-0.25, -0.2) is 13.2 Å². The van der Waals surface area contributed by atoms with Crippen molar-refractivity contribution >= 4 is 0 Å². The van der Waals surface area contributed by atoms with Crippen LogP contribution in [0.3, 0.4) is 0 Å². The summed E-state index contributed by atoms with van der Waals surface area (Å²) in [6, 6.07) is 5.11. The molecule has 0 amide bonds. The van der Waals surface area contributed by atoms with Crippen LogP contribution in [0, 0.1) is 5.82 Å². The summed E-state index contributed by atoms with van der Waals surface area (Å²) >= 11 is 0. The number of hydrogen-bond donors (Lipinski definition) is 0. The maximum atomic E-state index is 13.5. The Kier molecular flexibility index (Phi) is 4.35. The lowest BCUT2D eigenvalue weighted by molar-refractivity contribution is -0.148. The smallest absolute Gasteiger partial charge is 0.340 e. The lowest BCUT2D eigenvalue weighted by Gasteiger charge is -2.15. The number of rotatable bonds is 5. The van der Waals surface area contributed by atoms with E-state index in [2.05, 4.69) is 14.7 Å². The van der Waals surface area contributed by atoms with E-state index in [0.717, 1.165) is 6.20 Å². The number of pyridine rings is 2. The van der Waals surface area contributed by atoms with Crippen LogP contribution in [0.5, 0.6) is 5.75 Å². The second-order valence-electron chi connectivity index (χ2n) is 4.06. The fourth-order valence-corrected chi connectivity index (χ4v) is 1.42. The number of nitrogens with zero attached hydrogens (tertiary/aromatic N) is 2. The second-order valence-corrected chi connectivity index (χ2v) is 4.06. The average molecular weight is 304 g/mol. The largest absolute Gasteiger partial charge is 0.485 e. The minimum absolute atomic E-state index is 0.0121. The van der Waals surface area contributed by atoms with Gasteiger partial charge in [-0.1, -0.05) is 0 Å². The van der Waals surface area contributed by atoms with Crippen LogP contribution in [-0.4, -0.2) is 28.9 Å². The first-order valence-corrected chi connectivity index (χ1v) is 5.76. The molecule has 0 aliphatic heterocycles. The Hall–Kier alpha value is -2.25. The Labute approximate surface area is 116 Å². The van der Waals surface area contributed by atoms with Gasteiger partial charge in [-0.3, -0.25) is 9.97 Å². The number of hydrogen-bond acceptors (Lipinski definition) is 3. The third kappa shape index (κ3) is 3.65. The maximum absolute atomic E-state index is 13.5. The van der Waals surface area contributed by atoms with Crippen molar-refractivity contribution < 1.29 is 26.7 Å². The van der Waals surface area contributed by atoms with E-state index in [4.69, 9.17) is 0 Å². The summed E-state index contributed by atoms with van der Waals surface area (Å²) < 4.78 is 67.2. The van der Waals surface area contributed by atoms with Crippen molar-refractivity contribution in [3.05, 3.63) is 42.5 Å². The van der Waals surface area contributed by atoms with Crippen molar-refractivity contribution in [3.8, 4) is 17.1 Å². The summed E-state index contributed by atoms with van der Waals surface area (Å²) in [5, 5.41) is 0. The molecule has 2 aromatic rings. The number of aromatic nitrogens is 2. The fourth-order valence-electron chi connectivity index (χ4n) is 1.42. The molecular weight excluding hydrogens is 295 g/mol. The summed E-state index contributed by atoms with van der Waals surface area (Å²) in [5.41, 5.74) is 0.156. The van der Waals surface area contributed by atoms with Crippen molar-refractivity contribution in [2.75, 3.05) is 6.61 Å². The van der Waals surface area contributed by atoms with Gasteiger partial charge in [0.15, 0.2) is 12.4 Å². The van der Waals surface area contributed by atoms with Crippen molar-refractivity contribution in [2.24, 2.45) is 0 Å². The van der Waals surface area contributed by atoms with Gasteiger partial charge in [-0.2, -0.15) is 8.78 Å². The zero-order valence-electron chi connectivity index (χ0n) is 10.4. The minimum atomic E-state index is -4.24. The summed E-state index contributed by atoms with van der Waals surface area (Å²) in [6.07, 6.45) is -1.41. The predicted molar refractivity (Wildman–Crippen MR) is 63.9 cm³/mol. The van der Waals surface area contributed by atoms with E-state index in [9.17, 15) is 22.0 Å². The van der Waals surface area contributed by atoms with Crippen LogP contribution in [0.1, 0.15) is 0 Å². The molecule has 3 nitrogen and oxygen atoms in total. The highest BCUT2D eigenvalue weighted by molar-refractivity contribution is 5.54. The van der Waals surface area contributed by atoms with Gasteiger partial charge in [-0.15, -0.1) is 0 Å². The molecular formula is C13H9F5N2O. The summed E-state index contributed by atoms with van der Waals surface area (Å²) in [4.78, 5) is 7.58. The quantitative estimate of drug-likeness (QED) is 0.792. The van der Waals surface area contributed by atoms with Crippen molar-refractivity contribution in [1.29, 1.82) is 0 Å². The van der Waals surface area contributed by atoms with Crippen LogP contribution >= 0.6 is 0 Å². The molecule has 2 rings (SSSR count). The maximum Gasteiger partial charge on any atom is 0.340 e. The van der Waals surface area contributed by atoms with E-state index in [0.29, 0.717) is 0 Å². The van der Waals surface area contributed by atoms with Crippen molar-refractivity contribution in [2.45, 2.75) is 12.3 Å². The van der Waals surface area contributed by atoms with Crippen LogP contribution in [0.15, 0.2) is 36.7 Å². The van der Waals surface area contributed by atoms with E-state index < -0.39 is 24.8 Å². The topological polar surface area (TPSA) is 35.0 Å². The molecule has 0 bridgehead atoms. The van der Waals surface area contributed by atoms with Crippen LogP contribution in [0.4, 0.5) is 22.0 Å². The number of ether oxygens (including phenoxy) is 1. The summed E-state index contributed by atoms with van der Waals surface area (Å²) in [6.45, 7) is -1.47. The first-order chi connectivity index (χ1) is 9.90. The lowest BCUT2D eigenvalue weighted by Crippen LogP contribution is -2.33. The summed E-state index contributed by atoms with van der Waals surface area (Å²) in [5.74, 6) is -4.97. The SMILES string of the molecule is Fc1cccnc1-c1ccc(OCC(F)(F)C(F)F)cn1. The minimum Gasteiger partial charge on any atom is -0.485 e. The molecule has 8 heteroatoms. The molecule has 112 valence electrons. The van der Waals surface area contributed by atoms with Crippen molar-refractivity contribution in [1.82, 2.24) is 9.97 Å². The third-order valence-electron chi connectivity index (χ3n) is 2.49. The third-order valence-corrected chi connectivity index (χ3v) is 2.49. The van der Waals surface area contributed by atoms with Gasteiger partial charge in [0.1, 0.15) is 11.4 Å². The Bertz CT molecular complexity index is 604. The molecule has 0 aliphatic rings.